The zero-order valence-corrected chi connectivity index (χ0v) is 8.93. The molecular formula is C11H20O2. The summed E-state index contributed by atoms with van der Waals surface area (Å²) in [7, 11) is 0. The maximum Gasteiger partial charge on any atom is 0.0598 e. The summed E-state index contributed by atoms with van der Waals surface area (Å²) in [6, 6.07) is 0. The molecule has 2 heteroatoms. The van der Waals surface area contributed by atoms with E-state index in [2.05, 4.69) is 20.8 Å². The van der Waals surface area contributed by atoms with Crippen molar-refractivity contribution in [2.24, 2.45) is 11.3 Å². The molecule has 1 aliphatic heterocycles. The molecule has 1 saturated heterocycles. The topological polar surface area (TPSA) is 18.5 Å². The summed E-state index contributed by atoms with van der Waals surface area (Å²) in [5.41, 5.74) is 0.616. The van der Waals surface area contributed by atoms with Gasteiger partial charge < -0.3 is 9.47 Å². The minimum Gasteiger partial charge on any atom is -0.380 e. The molecule has 0 bridgehead atoms. The molecule has 0 unspecified atom stereocenters. The monoisotopic (exact) mass is 184 g/mol. The van der Waals surface area contributed by atoms with Gasteiger partial charge in [0, 0.05) is 5.41 Å². The molecule has 0 N–H and O–H groups in total. The first-order valence-corrected chi connectivity index (χ1v) is 5.21. The van der Waals surface area contributed by atoms with Crippen LogP contribution in [0.4, 0.5) is 0 Å². The third kappa shape index (κ3) is 2.05. The molecule has 0 radical (unpaired) electrons. The van der Waals surface area contributed by atoms with E-state index in [1.165, 1.54) is 12.8 Å². The van der Waals surface area contributed by atoms with Crippen molar-refractivity contribution < 1.29 is 9.47 Å². The SMILES string of the molecule is CC(C)(C)OCC1CC2(COC2)C1. The van der Waals surface area contributed by atoms with Crippen LogP contribution in [0.25, 0.3) is 0 Å². The Morgan fingerprint density at radius 2 is 1.92 bits per heavy atom. The van der Waals surface area contributed by atoms with Crippen molar-refractivity contribution in [3.63, 3.8) is 0 Å². The Morgan fingerprint density at radius 1 is 1.31 bits per heavy atom. The summed E-state index contributed by atoms with van der Waals surface area (Å²) in [5.74, 6) is 0.795. The molecule has 0 amide bonds. The van der Waals surface area contributed by atoms with Crippen LogP contribution in [0.5, 0.6) is 0 Å². The average molecular weight is 184 g/mol. The highest BCUT2D eigenvalue weighted by molar-refractivity contribution is 4.97. The van der Waals surface area contributed by atoms with Gasteiger partial charge in [0.25, 0.3) is 0 Å². The Morgan fingerprint density at radius 3 is 2.31 bits per heavy atom. The second-order valence-corrected chi connectivity index (χ2v) is 5.69. The highest BCUT2D eigenvalue weighted by Crippen LogP contribution is 2.50. The predicted octanol–water partition coefficient (Wildman–Crippen LogP) is 2.23. The molecule has 2 aliphatic rings. The summed E-state index contributed by atoms with van der Waals surface area (Å²) >= 11 is 0. The van der Waals surface area contributed by atoms with E-state index in [0.29, 0.717) is 5.41 Å². The minimum absolute atomic E-state index is 0.0267. The second kappa shape index (κ2) is 2.96. The molecule has 13 heavy (non-hydrogen) atoms. The second-order valence-electron chi connectivity index (χ2n) is 5.69. The molecule has 1 heterocycles. The van der Waals surface area contributed by atoms with Crippen LogP contribution in [-0.4, -0.2) is 25.4 Å². The van der Waals surface area contributed by atoms with Crippen molar-refractivity contribution in [1.29, 1.82) is 0 Å². The van der Waals surface area contributed by atoms with E-state index in [1.807, 2.05) is 0 Å². The smallest absolute Gasteiger partial charge is 0.0598 e. The van der Waals surface area contributed by atoms with E-state index in [1.54, 1.807) is 0 Å². The molecule has 0 aromatic rings. The molecular weight excluding hydrogens is 164 g/mol. The highest BCUT2D eigenvalue weighted by atomic mass is 16.5. The fourth-order valence-electron chi connectivity index (χ4n) is 2.28. The van der Waals surface area contributed by atoms with Gasteiger partial charge in [0.15, 0.2) is 0 Å². The first-order valence-electron chi connectivity index (χ1n) is 5.21. The third-order valence-electron chi connectivity index (χ3n) is 3.01. The summed E-state index contributed by atoms with van der Waals surface area (Å²) < 4.78 is 11.0. The van der Waals surface area contributed by atoms with Gasteiger partial charge in [-0.25, -0.2) is 0 Å². The van der Waals surface area contributed by atoms with E-state index in [0.717, 1.165) is 25.7 Å². The van der Waals surface area contributed by atoms with E-state index in [9.17, 15) is 0 Å². The van der Waals surface area contributed by atoms with Gasteiger partial charge in [0.1, 0.15) is 0 Å². The Balaban J connectivity index is 1.64. The van der Waals surface area contributed by atoms with Crippen LogP contribution in [0, 0.1) is 11.3 Å². The van der Waals surface area contributed by atoms with Gasteiger partial charge in [0.05, 0.1) is 25.4 Å². The third-order valence-corrected chi connectivity index (χ3v) is 3.01. The van der Waals surface area contributed by atoms with Crippen LogP contribution in [0.2, 0.25) is 0 Å². The maximum atomic E-state index is 5.75. The van der Waals surface area contributed by atoms with Crippen molar-refractivity contribution in [2.45, 2.75) is 39.2 Å². The standard InChI is InChI=1S/C11H20O2/c1-10(2,3)13-6-9-4-11(5-9)7-12-8-11/h9H,4-8H2,1-3H3. The van der Waals surface area contributed by atoms with Crippen LogP contribution in [-0.2, 0) is 9.47 Å². The number of hydrogen-bond acceptors (Lipinski definition) is 2. The van der Waals surface area contributed by atoms with Crippen molar-refractivity contribution in [1.82, 2.24) is 0 Å². The molecule has 0 aromatic heterocycles. The minimum atomic E-state index is 0.0267. The van der Waals surface area contributed by atoms with Gasteiger partial charge >= 0.3 is 0 Å². The van der Waals surface area contributed by atoms with Gasteiger partial charge in [-0.2, -0.15) is 0 Å². The molecule has 1 spiro atoms. The van der Waals surface area contributed by atoms with E-state index >= 15 is 0 Å². The Kier molecular flexibility index (Phi) is 2.16. The molecule has 1 aliphatic carbocycles. The van der Waals surface area contributed by atoms with Gasteiger partial charge in [-0.15, -0.1) is 0 Å². The van der Waals surface area contributed by atoms with Gasteiger partial charge in [-0.05, 0) is 39.5 Å². The lowest BCUT2D eigenvalue weighted by atomic mass is 9.61. The highest BCUT2D eigenvalue weighted by Gasteiger charge is 2.49. The lowest BCUT2D eigenvalue weighted by Crippen LogP contribution is -2.53. The zero-order chi connectivity index (χ0) is 9.53. The summed E-state index contributed by atoms with van der Waals surface area (Å²) in [6.07, 6.45) is 2.64. The van der Waals surface area contributed by atoms with Crippen LogP contribution < -0.4 is 0 Å². The largest absolute Gasteiger partial charge is 0.380 e. The first-order chi connectivity index (χ1) is 5.99. The molecule has 0 aromatic carbocycles. The van der Waals surface area contributed by atoms with Crippen LogP contribution >= 0.6 is 0 Å². The number of rotatable bonds is 2. The molecule has 1 saturated carbocycles. The lowest BCUT2D eigenvalue weighted by Gasteiger charge is -2.53. The van der Waals surface area contributed by atoms with Crippen LogP contribution in [0.15, 0.2) is 0 Å². The molecule has 2 rings (SSSR count). The quantitative estimate of drug-likeness (QED) is 0.655. The van der Waals surface area contributed by atoms with Crippen molar-refractivity contribution >= 4 is 0 Å². The Bertz CT molecular complexity index is 181. The van der Waals surface area contributed by atoms with E-state index < -0.39 is 0 Å². The zero-order valence-electron chi connectivity index (χ0n) is 8.93. The molecule has 76 valence electrons. The average Bonchev–Trinajstić information content (AvgIpc) is 1.77. The van der Waals surface area contributed by atoms with Crippen molar-refractivity contribution in [3.8, 4) is 0 Å². The van der Waals surface area contributed by atoms with Crippen LogP contribution in [0.3, 0.4) is 0 Å². The summed E-state index contributed by atoms with van der Waals surface area (Å²) in [5, 5.41) is 0. The molecule has 0 atom stereocenters. The fourth-order valence-corrected chi connectivity index (χ4v) is 2.28. The van der Waals surface area contributed by atoms with Gasteiger partial charge in [0.2, 0.25) is 0 Å². The van der Waals surface area contributed by atoms with Crippen molar-refractivity contribution in [2.75, 3.05) is 19.8 Å². The number of hydrogen-bond donors (Lipinski definition) is 0. The fraction of sp³-hybridized carbons (Fsp3) is 1.00. The number of ether oxygens (including phenoxy) is 2. The van der Waals surface area contributed by atoms with Crippen LogP contribution in [0.1, 0.15) is 33.6 Å². The lowest BCUT2D eigenvalue weighted by molar-refractivity contribution is -0.193. The summed E-state index contributed by atoms with van der Waals surface area (Å²) in [4.78, 5) is 0. The Labute approximate surface area is 80.6 Å². The van der Waals surface area contributed by atoms with Gasteiger partial charge in [-0.1, -0.05) is 0 Å². The first kappa shape index (κ1) is 9.47. The molecule has 2 fully saturated rings. The Hall–Kier alpha value is -0.0800. The normalized spacial score (nSPS) is 27.0. The van der Waals surface area contributed by atoms with E-state index in [-0.39, 0.29) is 5.60 Å². The predicted molar refractivity (Wildman–Crippen MR) is 51.7 cm³/mol. The van der Waals surface area contributed by atoms with Gasteiger partial charge in [-0.3, -0.25) is 0 Å². The molecule has 2 nitrogen and oxygen atoms in total. The maximum absolute atomic E-state index is 5.75. The summed E-state index contributed by atoms with van der Waals surface area (Å²) in [6.45, 7) is 9.29. The van der Waals surface area contributed by atoms with E-state index in [4.69, 9.17) is 9.47 Å². The van der Waals surface area contributed by atoms with Crippen molar-refractivity contribution in [3.05, 3.63) is 0 Å².